The van der Waals surface area contributed by atoms with Crippen molar-refractivity contribution in [2.45, 2.75) is 52.5 Å². The van der Waals surface area contributed by atoms with Gasteiger partial charge in [-0.1, -0.05) is 6.92 Å². The molecule has 0 bridgehead atoms. The van der Waals surface area contributed by atoms with Gasteiger partial charge in [0.25, 0.3) is 0 Å². The van der Waals surface area contributed by atoms with Crippen molar-refractivity contribution in [3.05, 3.63) is 17.5 Å². The van der Waals surface area contributed by atoms with Crippen molar-refractivity contribution in [3.63, 3.8) is 0 Å². The number of carbonyl (C=O) groups is 1. The second-order valence-corrected chi connectivity index (χ2v) is 4.83. The Hall–Kier alpha value is -1.32. The number of rotatable bonds is 4. The van der Waals surface area contributed by atoms with Crippen LogP contribution in [-0.4, -0.2) is 20.9 Å². The summed E-state index contributed by atoms with van der Waals surface area (Å²) >= 11 is 0. The van der Waals surface area contributed by atoms with Crippen molar-refractivity contribution < 1.29 is 9.90 Å². The van der Waals surface area contributed by atoms with Crippen molar-refractivity contribution >= 4 is 5.97 Å². The molecule has 1 heterocycles. The molecule has 0 aliphatic heterocycles. The molecule has 16 heavy (non-hydrogen) atoms. The lowest BCUT2D eigenvalue weighted by Gasteiger charge is -2.20. The van der Waals surface area contributed by atoms with Crippen LogP contribution in [0.25, 0.3) is 0 Å². The molecule has 1 rings (SSSR count). The van der Waals surface area contributed by atoms with Gasteiger partial charge >= 0.3 is 5.97 Å². The summed E-state index contributed by atoms with van der Waals surface area (Å²) in [5, 5.41) is 13.5. The first-order valence-corrected chi connectivity index (χ1v) is 5.62. The van der Waals surface area contributed by atoms with Crippen molar-refractivity contribution in [1.82, 2.24) is 9.78 Å². The maximum atomic E-state index is 11.2. The van der Waals surface area contributed by atoms with Crippen LogP contribution in [0.2, 0.25) is 0 Å². The molecule has 90 valence electrons. The molecule has 0 fully saturated rings. The minimum Gasteiger partial charge on any atom is -0.481 e. The largest absolute Gasteiger partial charge is 0.481 e. The molecule has 1 N–H and O–H groups in total. The summed E-state index contributed by atoms with van der Waals surface area (Å²) in [6.45, 7) is 9.55. The summed E-state index contributed by atoms with van der Waals surface area (Å²) in [4.78, 5) is 11.2. The normalized spacial score (nSPS) is 12.1. The molecule has 0 spiro atoms. The molecule has 0 aliphatic rings. The monoisotopic (exact) mass is 224 g/mol. The molecule has 0 amide bonds. The van der Waals surface area contributed by atoms with Gasteiger partial charge in [-0.05, 0) is 34.1 Å². The van der Waals surface area contributed by atoms with E-state index in [1.807, 2.05) is 25.5 Å². The maximum Gasteiger partial charge on any atom is 0.313 e. The summed E-state index contributed by atoms with van der Waals surface area (Å²) < 4.78 is 1.90. The molecule has 4 nitrogen and oxygen atoms in total. The number of aliphatic carboxylic acids is 1. The topological polar surface area (TPSA) is 55.1 Å². The van der Waals surface area contributed by atoms with Crippen LogP contribution >= 0.6 is 0 Å². The molecular formula is C12H20N2O2. The molecule has 0 radical (unpaired) electrons. The number of aromatic nitrogens is 2. The summed E-state index contributed by atoms with van der Waals surface area (Å²) in [5.41, 5.74) is 0.956. The van der Waals surface area contributed by atoms with E-state index >= 15 is 0 Å². The van der Waals surface area contributed by atoms with Crippen LogP contribution in [-0.2, 0) is 16.6 Å². The average Bonchev–Trinajstić information content (AvgIpc) is 2.60. The summed E-state index contributed by atoms with van der Waals surface area (Å²) in [5.74, 6) is -0.814. The number of hydrogen-bond acceptors (Lipinski definition) is 2. The fourth-order valence-electron chi connectivity index (χ4n) is 1.82. The predicted octanol–water partition coefficient (Wildman–Crippen LogP) is 2.39. The zero-order valence-electron chi connectivity index (χ0n) is 10.6. The summed E-state index contributed by atoms with van der Waals surface area (Å²) in [6, 6.07) is 0.258. The van der Waals surface area contributed by atoms with Gasteiger partial charge in [0.15, 0.2) is 0 Å². The SMILES string of the molecule is CCc1c(C(C)(C)C(=O)O)cnn1C(C)C. The first-order chi connectivity index (χ1) is 7.32. The van der Waals surface area contributed by atoms with Crippen LogP contribution in [0.1, 0.15) is 51.9 Å². The highest BCUT2D eigenvalue weighted by Gasteiger charge is 2.33. The number of hydrogen-bond donors (Lipinski definition) is 1. The van der Waals surface area contributed by atoms with Crippen LogP contribution in [0.15, 0.2) is 6.20 Å². The molecule has 0 aromatic carbocycles. The Morgan fingerprint density at radius 1 is 1.56 bits per heavy atom. The first-order valence-electron chi connectivity index (χ1n) is 5.62. The third kappa shape index (κ3) is 1.96. The number of carboxylic acids is 1. The number of carboxylic acid groups (broad SMARTS) is 1. The molecule has 0 saturated heterocycles. The van der Waals surface area contributed by atoms with Gasteiger partial charge in [-0.3, -0.25) is 9.48 Å². The molecule has 0 aliphatic carbocycles. The quantitative estimate of drug-likeness (QED) is 0.854. The van der Waals surface area contributed by atoms with Gasteiger partial charge in [-0.25, -0.2) is 0 Å². The molecule has 0 saturated carbocycles. The van der Waals surface area contributed by atoms with Crippen molar-refractivity contribution in [2.75, 3.05) is 0 Å². The molecular weight excluding hydrogens is 204 g/mol. The highest BCUT2D eigenvalue weighted by Crippen LogP contribution is 2.28. The zero-order chi connectivity index (χ0) is 12.5. The van der Waals surface area contributed by atoms with E-state index in [1.54, 1.807) is 20.0 Å². The third-order valence-corrected chi connectivity index (χ3v) is 2.93. The van der Waals surface area contributed by atoms with E-state index in [2.05, 4.69) is 5.10 Å². The molecule has 1 aromatic heterocycles. The van der Waals surface area contributed by atoms with Gasteiger partial charge in [0.2, 0.25) is 0 Å². The second-order valence-electron chi connectivity index (χ2n) is 4.83. The van der Waals surface area contributed by atoms with Crippen LogP contribution in [0, 0.1) is 0 Å². The Bertz CT molecular complexity index is 392. The summed E-state index contributed by atoms with van der Waals surface area (Å²) in [7, 11) is 0. The van der Waals surface area contributed by atoms with Gasteiger partial charge in [-0.15, -0.1) is 0 Å². The molecule has 0 unspecified atom stereocenters. The zero-order valence-corrected chi connectivity index (χ0v) is 10.6. The predicted molar refractivity (Wildman–Crippen MR) is 62.7 cm³/mol. The number of nitrogens with zero attached hydrogens (tertiary/aromatic N) is 2. The standard InChI is InChI=1S/C12H20N2O2/c1-6-10-9(12(4,5)11(15)16)7-13-14(10)8(2)3/h7-8H,6H2,1-5H3,(H,15,16). The van der Waals surface area contributed by atoms with E-state index in [0.717, 1.165) is 17.7 Å². The lowest BCUT2D eigenvalue weighted by Crippen LogP contribution is -2.29. The Morgan fingerprint density at radius 3 is 2.50 bits per heavy atom. The lowest BCUT2D eigenvalue weighted by atomic mass is 9.84. The van der Waals surface area contributed by atoms with Gasteiger partial charge in [0, 0.05) is 17.3 Å². The van der Waals surface area contributed by atoms with Gasteiger partial charge in [0.05, 0.1) is 11.6 Å². The van der Waals surface area contributed by atoms with Crippen LogP contribution in [0.5, 0.6) is 0 Å². The van der Waals surface area contributed by atoms with Crippen LogP contribution < -0.4 is 0 Å². The van der Waals surface area contributed by atoms with Gasteiger partial charge in [0.1, 0.15) is 0 Å². The highest BCUT2D eigenvalue weighted by molar-refractivity contribution is 5.80. The van der Waals surface area contributed by atoms with Gasteiger partial charge < -0.3 is 5.11 Å². The van der Waals surface area contributed by atoms with E-state index in [1.165, 1.54) is 0 Å². The maximum absolute atomic E-state index is 11.2. The van der Waals surface area contributed by atoms with Crippen LogP contribution in [0.4, 0.5) is 0 Å². The van der Waals surface area contributed by atoms with Gasteiger partial charge in [-0.2, -0.15) is 5.10 Å². The Labute approximate surface area is 96.3 Å². The van der Waals surface area contributed by atoms with E-state index in [0.29, 0.717) is 0 Å². The average molecular weight is 224 g/mol. The second kappa shape index (κ2) is 4.28. The fourth-order valence-corrected chi connectivity index (χ4v) is 1.82. The summed E-state index contributed by atoms with van der Waals surface area (Å²) in [6.07, 6.45) is 2.48. The molecule has 1 aromatic rings. The lowest BCUT2D eigenvalue weighted by molar-refractivity contribution is -0.142. The minimum atomic E-state index is -0.877. The van der Waals surface area contributed by atoms with Crippen molar-refractivity contribution in [1.29, 1.82) is 0 Å². The fraction of sp³-hybridized carbons (Fsp3) is 0.667. The van der Waals surface area contributed by atoms with Crippen molar-refractivity contribution in [3.8, 4) is 0 Å². The minimum absolute atomic E-state index is 0.258. The van der Waals surface area contributed by atoms with Crippen molar-refractivity contribution in [2.24, 2.45) is 0 Å². The van der Waals surface area contributed by atoms with E-state index in [9.17, 15) is 9.90 Å². The highest BCUT2D eigenvalue weighted by atomic mass is 16.4. The smallest absolute Gasteiger partial charge is 0.313 e. The Balaban J connectivity index is 3.30. The third-order valence-electron chi connectivity index (χ3n) is 2.93. The Morgan fingerprint density at radius 2 is 2.12 bits per heavy atom. The van der Waals surface area contributed by atoms with E-state index in [4.69, 9.17) is 0 Å². The van der Waals surface area contributed by atoms with E-state index < -0.39 is 11.4 Å². The molecule has 4 heteroatoms. The first kappa shape index (κ1) is 12.7. The van der Waals surface area contributed by atoms with E-state index in [-0.39, 0.29) is 6.04 Å². The Kier molecular flexibility index (Phi) is 3.41. The molecule has 0 atom stereocenters. The van der Waals surface area contributed by atoms with Crippen LogP contribution in [0.3, 0.4) is 0 Å².